The van der Waals surface area contributed by atoms with Crippen LogP contribution in [0.25, 0.3) is 0 Å². The number of hydrogen-bond acceptors (Lipinski definition) is 10. The van der Waals surface area contributed by atoms with E-state index in [2.05, 4.69) is 36.7 Å². The fourth-order valence-corrected chi connectivity index (χ4v) is 8.70. The highest BCUT2D eigenvalue weighted by molar-refractivity contribution is 6.31. The van der Waals surface area contributed by atoms with E-state index in [1.165, 1.54) is 0 Å². The molecule has 55 heavy (non-hydrogen) atoms. The summed E-state index contributed by atoms with van der Waals surface area (Å²) in [7, 11) is 0. The minimum absolute atomic E-state index is 0.0412. The number of nitrogens with zero attached hydrogens (tertiary/aromatic N) is 5. The average molecular weight is 763 g/mol. The lowest BCUT2D eigenvalue weighted by Gasteiger charge is -2.49. The van der Waals surface area contributed by atoms with Crippen molar-refractivity contribution in [2.75, 3.05) is 49.1 Å². The molecular weight excluding hydrogens is 720 g/mol. The summed E-state index contributed by atoms with van der Waals surface area (Å²) < 4.78 is 0. The molecule has 0 spiro atoms. The van der Waals surface area contributed by atoms with Crippen molar-refractivity contribution in [1.82, 2.24) is 25.8 Å². The number of carbonyl (C=O) groups excluding carboxylic acids is 5. The van der Waals surface area contributed by atoms with Gasteiger partial charge in [-0.25, -0.2) is 0 Å². The van der Waals surface area contributed by atoms with E-state index < -0.39 is 29.7 Å². The van der Waals surface area contributed by atoms with Gasteiger partial charge in [0, 0.05) is 87.3 Å². The van der Waals surface area contributed by atoms with Crippen molar-refractivity contribution in [2.24, 2.45) is 0 Å². The Kier molecular flexibility index (Phi) is 10.3. The van der Waals surface area contributed by atoms with E-state index in [1.807, 2.05) is 42.5 Å². The van der Waals surface area contributed by atoms with Crippen LogP contribution in [0.2, 0.25) is 5.02 Å². The van der Waals surface area contributed by atoms with Crippen molar-refractivity contribution in [1.29, 1.82) is 5.26 Å². The zero-order chi connectivity index (χ0) is 38.2. The van der Waals surface area contributed by atoms with Crippen LogP contribution < -0.4 is 25.8 Å². The lowest BCUT2D eigenvalue weighted by molar-refractivity contribution is -0.136. The van der Waals surface area contributed by atoms with Crippen LogP contribution in [-0.2, 0) is 16.1 Å². The second-order valence-electron chi connectivity index (χ2n) is 15.1. The van der Waals surface area contributed by atoms with Crippen molar-refractivity contribution in [3.05, 3.63) is 93.5 Å². The highest BCUT2D eigenvalue weighted by atomic mass is 35.5. The number of hydrogen-bond donors (Lipinski definition) is 3. The highest BCUT2D eigenvalue weighted by Gasteiger charge is 2.45. The summed E-state index contributed by atoms with van der Waals surface area (Å²) in [6.07, 6.45) is 4.00. The summed E-state index contributed by atoms with van der Waals surface area (Å²) >= 11 is 6.18. The van der Waals surface area contributed by atoms with Gasteiger partial charge in [-0.2, -0.15) is 5.26 Å². The van der Waals surface area contributed by atoms with E-state index in [9.17, 15) is 24.0 Å². The van der Waals surface area contributed by atoms with Crippen LogP contribution in [-0.4, -0.2) is 103 Å². The van der Waals surface area contributed by atoms with E-state index in [-0.39, 0.29) is 30.4 Å². The van der Waals surface area contributed by atoms with E-state index in [1.54, 1.807) is 18.2 Å². The zero-order valence-corrected chi connectivity index (χ0v) is 31.2. The third-order valence-corrected chi connectivity index (χ3v) is 12.1. The molecule has 4 heterocycles. The fourth-order valence-electron chi connectivity index (χ4n) is 8.45. The SMILES string of the molecule is N#Cc1ccc(CNC2CCC(NC(=O)c3ccc(N4CCN(C5CN(c6ccc7c(c6)C(=O)N(C6CCC(=O)NC6=O)C7=O)C5)CC4)cc3)CC2)cc1Cl. The van der Waals surface area contributed by atoms with Crippen LogP contribution in [0.1, 0.15) is 80.7 Å². The minimum atomic E-state index is -0.974. The van der Waals surface area contributed by atoms with Gasteiger partial charge in [-0.3, -0.25) is 39.1 Å². The Bertz CT molecular complexity index is 2060. The molecular formula is C41H43ClN8O5. The van der Waals surface area contributed by atoms with Gasteiger partial charge in [0.25, 0.3) is 17.7 Å². The zero-order valence-electron chi connectivity index (χ0n) is 30.4. The normalized spacial score (nSPS) is 23.3. The lowest BCUT2D eigenvalue weighted by Crippen LogP contribution is -2.63. The van der Waals surface area contributed by atoms with E-state index in [0.29, 0.717) is 40.3 Å². The molecule has 5 aliphatic rings. The van der Waals surface area contributed by atoms with Crippen LogP contribution in [0.15, 0.2) is 60.7 Å². The van der Waals surface area contributed by atoms with Crippen LogP contribution in [0, 0.1) is 11.3 Å². The monoisotopic (exact) mass is 762 g/mol. The molecule has 3 saturated heterocycles. The summed E-state index contributed by atoms with van der Waals surface area (Å²) in [4.78, 5) is 71.5. The van der Waals surface area contributed by atoms with Gasteiger partial charge in [-0.15, -0.1) is 0 Å². The number of anilines is 2. The number of benzene rings is 3. The van der Waals surface area contributed by atoms with Crippen molar-refractivity contribution in [3.8, 4) is 6.07 Å². The maximum Gasteiger partial charge on any atom is 0.262 e. The van der Waals surface area contributed by atoms with Gasteiger partial charge in [0.05, 0.1) is 21.7 Å². The molecule has 8 rings (SSSR count). The minimum Gasteiger partial charge on any atom is -0.369 e. The number of nitriles is 1. The molecule has 1 saturated carbocycles. The van der Waals surface area contributed by atoms with Crippen molar-refractivity contribution >= 4 is 52.5 Å². The molecule has 1 atom stereocenters. The average Bonchev–Trinajstić information content (AvgIpc) is 3.42. The van der Waals surface area contributed by atoms with Crippen LogP contribution in [0.3, 0.4) is 0 Å². The number of piperidine rings is 1. The van der Waals surface area contributed by atoms with E-state index >= 15 is 0 Å². The van der Waals surface area contributed by atoms with Gasteiger partial charge >= 0.3 is 0 Å². The van der Waals surface area contributed by atoms with Crippen molar-refractivity contribution < 1.29 is 24.0 Å². The topological polar surface area (TPSA) is 158 Å². The third-order valence-electron chi connectivity index (χ3n) is 11.8. The Labute approximate surface area is 324 Å². The molecule has 3 N–H and O–H groups in total. The number of nitrogens with one attached hydrogen (secondary N) is 3. The number of fused-ring (bicyclic) bond motifs is 1. The Balaban J connectivity index is 0.762. The second kappa shape index (κ2) is 15.5. The molecule has 1 unspecified atom stereocenters. The molecule has 14 heteroatoms. The van der Waals surface area contributed by atoms with Gasteiger partial charge in [0.1, 0.15) is 12.1 Å². The van der Waals surface area contributed by atoms with Crippen molar-refractivity contribution in [2.45, 2.75) is 69.2 Å². The number of halogens is 1. The number of imide groups is 2. The van der Waals surface area contributed by atoms with Crippen molar-refractivity contribution in [3.63, 3.8) is 0 Å². The molecule has 5 amide bonds. The molecule has 3 aromatic carbocycles. The third kappa shape index (κ3) is 7.54. The number of rotatable bonds is 9. The number of piperazine rings is 1. The smallest absolute Gasteiger partial charge is 0.262 e. The standard InChI is InChI=1S/C41H43ClN8O5/c42-35-19-25(1-2-27(35)21-43)22-44-28-5-7-29(8-6-28)45-38(52)26-3-9-30(10-4-26)47-15-17-48(18-16-47)32-23-49(24-32)31-11-12-33-34(20-31)41(55)50(40(33)54)36-13-14-37(51)46-39(36)53/h1-4,9-12,19-20,28-29,32,36,44H,5-8,13-18,22-24H2,(H,45,52)(H,46,51,53). The van der Waals surface area contributed by atoms with E-state index in [4.69, 9.17) is 16.9 Å². The Morgan fingerprint density at radius 3 is 2.18 bits per heavy atom. The van der Waals surface area contributed by atoms with E-state index in [0.717, 1.165) is 86.8 Å². The number of carbonyl (C=O) groups is 5. The molecule has 0 bridgehead atoms. The Hall–Kier alpha value is -5.29. The molecule has 13 nitrogen and oxygen atoms in total. The molecule has 4 fully saturated rings. The highest BCUT2D eigenvalue weighted by Crippen LogP contribution is 2.33. The van der Waals surface area contributed by atoms with Crippen LogP contribution in [0.5, 0.6) is 0 Å². The predicted octanol–water partition coefficient (Wildman–Crippen LogP) is 3.45. The lowest BCUT2D eigenvalue weighted by atomic mass is 9.90. The van der Waals surface area contributed by atoms with Gasteiger partial charge in [-0.1, -0.05) is 17.7 Å². The molecule has 0 aromatic heterocycles. The molecule has 284 valence electrons. The predicted molar refractivity (Wildman–Crippen MR) is 206 cm³/mol. The second-order valence-corrected chi connectivity index (χ2v) is 15.5. The molecule has 1 aliphatic carbocycles. The van der Waals surface area contributed by atoms with Gasteiger partial charge in [0.15, 0.2) is 0 Å². The number of amides is 5. The maximum absolute atomic E-state index is 13.3. The Morgan fingerprint density at radius 1 is 0.800 bits per heavy atom. The van der Waals surface area contributed by atoms with Gasteiger partial charge < -0.3 is 20.4 Å². The molecule has 3 aromatic rings. The first-order chi connectivity index (χ1) is 26.6. The largest absolute Gasteiger partial charge is 0.369 e. The fraction of sp³-hybridized carbons (Fsp3) is 0.415. The molecule has 4 aliphatic heterocycles. The summed E-state index contributed by atoms with van der Waals surface area (Å²) in [5, 5.41) is 18.6. The summed E-state index contributed by atoms with van der Waals surface area (Å²) in [5.41, 5.74) is 4.75. The first-order valence-corrected chi connectivity index (χ1v) is 19.5. The summed E-state index contributed by atoms with van der Waals surface area (Å²) in [5.74, 6) is -2.03. The summed E-state index contributed by atoms with van der Waals surface area (Å²) in [6.45, 7) is 5.90. The van der Waals surface area contributed by atoms with Gasteiger partial charge in [-0.05, 0) is 92.3 Å². The first-order valence-electron chi connectivity index (χ1n) is 19.1. The maximum atomic E-state index is 13.3. The first kappa shape index (κ1) is 36.7. The molecule has 0 radical (unpaired) electrons. The van der Waals surface area contributed by atoms with Crippen LogP contribution in [0.4, 0.5) is 11.4 Å². The quantitative estimate of drug-likeness (QED) is 0.276. The van der Waals surface area contributed by atoms with Gasteiger partial charge in [0.2, 0.25) is 11.8 Å². The van der Waals surface area contributed by atoms with Crippen LogP contribution >= 0.6 is 11.6 Å². The summed E-state index contributed by atoms with van der Waals surface area (Å²) in [6, 6.07) is 20.7. The Morgan fingerprint density at radius 2 is 1.49 bits per heavy atom.